The number of benzene rings is 2. The van der Waals surface area contributed by atoms with E-state index >= 15 is 0 Å². The van der Waals surface area contributed by atoms with Crippen molar-refractivity contribution in [3.05, 3.63) is 60.2 Å². The molecule has 1 amide bonds. The summed E-state index contributed by atoms with van der Waals surface area (Å²) in [5.74, 6) is -0.234. The lowest BCUT2D eigenvalue weighted by Crippen LogP contribution is -2.25. The van der Waals surface area contributed by atoms with Crippen LogP contribution in [-0.2, 0) is 11.3 Å². The highest BCUT2D eigenvalue weighted by molar-refractivity contribution is 6.00. The molecule has 1 aromatic heterocycles. The van der Waals surface area contributed by atoms with Gasteiger partial charge in [0, 0.05) is 0 Å². The van der Waals surface area contributed by atoms with Gasteiger partial charge < -0.3 is 0 Å². The molecule has 23 heavy (non-hydrogen) atoms. The molecule has 0 atom stereocenters. The van der Waals surface area contributed by atoms with E-state index in [2.05, 4.69) is 20.8 Å². The number of hydrogen-bond donors (Lipinski definition) is 1. The van der Waals surface area contributed by atoms with Crippen LogP contribution in [0.5, 0.6) is 0 Å². The number of carbonyl (C=O) groups is 1. The van der Waals surface area contributed by atoms with Crippen molar-refractivity contribution in [3.63, 3.8) is 0 Å². The van der Waals surface area contributed by atoms with E-state index in [0.717, 1.165) is 28.7 Å². The van der Waals surface area contributed by atoms with Crippen LogP contribution in [0.1, 0.15) is 18.9 Å². The lowest BCUT2D eigenvalue weighted by molar-refractivity contribution is -0.121. The fourth-order valence-electron chi connectivity index (χ4n) is 2.31. The Labute approximate surface area is 133 Å². The Morgan fingerprint density at radius 3 is 2.65 bits per heavy atom. The second kappa shape index (κ2) is 6.83. The Kier molecular flexibility index (Phi) is 4.42. The van der Waals surface area contributed by atoms with E-state index in [1.54, 1.807) is 4.68 Å². The van der Waals surface area contributed by atoms with Crippen molar-refractivity contribution in [2.24, 2.45) is 5.10 Å². The summed E-state index contributed by atoms with van der Waals surface area (Å²) in [4.78, 5) is 12.1. The third kappa shape index (κ3) is 3.42. The number of rotatable bonds is 5. The van der Waals surface area contributed by atoms with Gasteiger partial charge in [0.2, 0.25) is 0 Å². The Hall–Kier alpha value is -3.02. The fraction of sp³-hybridized carbons (Fsp3) is 0.176. The molecule has 3 rings (SSSR count). The minimum atomic E-state index is -0.234. The molecular weight excluding hydrogens is 290 g/mol. The largest absolute Gasteiger partial charge is 0.271 e. The maximum absolute atomic E-state index is 12.1. The highest BCUT2D eigenvalue weighted by Gasteiger charge is 2.08. The summed E-state index contributed by atoms with van der Waals surface area (Å²) in [5.41, 5.74) is 6.02. The van der Waals surface area contributed by atoms with Gasteiger partial charge in [-0.15, -0.1) is 5.10 Å². The van der Waals surface area contributed by atoms with Crippen LogP contribution in [0.15, 0.2) is 59.7 Å². The Morgan fingerprint density at radius 2 is 1.87 bits per heavy atom. The molecule has 0 unspecified atom stereocenters. The van der Waals surface area contributed by atoms with E-state index in [0.29, 0.717) is 0 Å². The highest BCUT2D eigenvalue weighted by Crippen LogP contribution is 2.09. The molecule has 0 saturated heterocycles. The van der Waals surface area contributed by atoms with Gasteiger partial charge in [0.15, 0.2) is 0 Å². The molecule has 0 fully saturated rings. The molecular formula is C17H17N5O. The monoisotopic (exact) mass is 307 g/mol. The Balaban J connectivity index is 1.70. The number of aromatic nitrogens is 3. The fourth-order valence-corrected chi connectivity index (χ4v) is 2.31. The normalized spacial score (nSPS) is 11.6. The number of amides is 1. The van der Waals surface area contributed by atoms with Crippen molar-refractivity contribution in [1.82, 2.24) is 20.4 Å². The van der Waals surface area contributed by atoms with Gasteiger partial charge in [0.1, 0.15) is 12.1 Å². The molecule has 116 valence electrons. The quantitative estimate of drug-likeness (QED) is 0.581. The van der Waals surface area contributed by atoms with Gasteiger partial charge in [-0.25, -0.2) is 10.1 Å². The summed E-state index contributed by atoms with van der Waals surface area (Å²) in [5, 5.41) is 12.3. The summed E-state index contributed by atoms with van der Waals surface area (Å²) in [6.45, 7) is 2.08. The molecule has 0 aliphatic heterocycles. The van der Waals surface area contributed by atoms with Crippen LogP contribution >= 0.6 is 0 Å². The lowest BCUT2D eigenvalue weighted by atomic mass is 10.1. The molecule has 0 bridgehead atoms. The van der Waals surface area contributed by atoms with Gasteiger partial charge in [-0.2, -0.15) is 5.10 Å². The van der Waals surface area contributed by atoms with E-state index in [-0.39, 0.29) is 12.5 Å². The zero-order chi connectivity index (χ0) is 16.1. The predicted octanol–water partition coefficient (Wildman–Crippen LogP) is 2.36. The molecule has 2 aromatic carbocycles. The first-order valence-electron chi connectivity index (χ1n) is 7.47. The average Bonchev–Trinajstić information content (AvgIpc) is 2.99. The minimum Gasteiger partial charge on any atom is -0.271 e. The predicted molar refractivity (Wildman–Crippen MR) is 88.9 cm³/mol. The Morgan fingerprint density at radius 1 is 1.13 bits per heavy atom. The van der Waals surface area contributed by atoms with Crippen LogP contribution in [0, 0.1) is 0 Å². The summed E-state index contributed by atoms with van der Waals surface area (Å²) >= 11 is 0. The number of nitrogens with zero attached hydrogens (tertiary/aromatic N) is 4. The lowest BCUT2D eigenvalue weighted by Gasteiger charge is -2.05. The molecule has 0 radical (unpaired) electrons. The van der Waals surface area contributed by atoms with Gasteiger partial charge in [-0.3, -0.25) is 4.79 Å². The van der Waals surface area contributed by atoms with E-state index in [1.165, 1.54) is 0 Å². The van der Waals surface area contributed by atoms with Crippen molar-refractivity contribution >= 4 is 22.7 Å². The average molecular weight is 307 g/mol. The first kappa shape index (κ1) is 14.9. The third-order valence-electron chi connectivity index (χ3n) is 3.47. The topological polar surface area (TPSA) is 72.2 Å². The van der Waals surface area contributed by atoms with Crippen molar-refractivity contribution in [2.45, 2.75) is 19.9 Å². The van der Waals surface area contributed by atoms with E-state index in [1.807, 2.05) is 61.5 Å². The maximum atomic E-state index is 12.1. The molecule has 1 heterocycles. The zero-order valence-electron chi connectivity index (χ0n) is 12.8. The first-order chi connectivity index (χ1) is 11.3. The standard InChI is InChI=1S/C17H17N5O/c1-2-14(13-8-4-3-5-9-13)18-20-17(23)12-22-16-11-7-6-10-15(16)19-21-22/h3-11H,2,12H2,1H3,(H,20,23)/b18-14+. The van der Waals surface area contributed by atoms with Crippen LogP contribution in [0.2, 0.25) is 0 Å². The molecule has 0 aliphatic carbocycles. The van der Waals surface area contributed by atoms with Gasteiger partial charge in [-0.05, 0) is 24.1 Å². The summed E-state index contributed by atoms with van der Waals surface area (Å²) in [6, 6.07) is 17.3. The summed E-state index contributed by atoms with van der Waals surface area (Å²) in [7, 11) is 0. The number of fused-ring (bicyclic) bond motifs is 1. The molecule has 1 N–H and O–H groups in total. The van der Waals surface area contributed by atoms with Crippen LogP contribution in [0.4, 0.5) is 0 Å². The Bertz CT molecular complexity index is 838. The van der Waals surface area contributed by atoms with Crippen LogP contribution in [-0.4, -0.2) is 26.6 Å². The summed E-state index contributed by atoms with van der Waals surface area (Å²) in [6.07, 6.45) is 0.733. The summed E-state index contributed by atoms with van der Waals surface area (Å²) < 4.78 is 1.56. The maximum Gasteiger partial charge on any atom is 0.261 e. The smallest absolute Gasteiger partial charge is 0.261 e. The molecule has 0 spiro atoms. The molecule has 0 saturated carbocycles. The van der Waals surface area contributed by atoms with E-state index < -0.39 is 0 Å². The van der Waals surface area contributed by atoms with E-state index in [9.17, 15) is 4.79 Å². The number of para-hydroxylation sites is 1. The number of nitrogens with one attached hydrogen (secondary N) is 1. The number of hydrogen-bond acceptors (Lipinski definition) is 4. The zero-order valence-corrected chi connectivity index (χ0v) is 12.8. The number of carbonyl (C=O) groups excluding carboxylic acids is 1. The molecule has 6 nitrogen and oxygen atoms in total. The SMILES string of the molecule is CC/C(=N\NC(=O)Cn1nnc2ccccc21)c1ccccc1. The molecule has 3 aromatic rings. The van der Waals surface area contributed by atoms with Gasteiger partial charge in [-0.1, -0.05) is 54.6 Å². The van der Waals surface area contributed by atoms with Crippen LogP contribution in [0.25, 0.3) is 11.0 Å². The van der Waals surface area contributed by atoms with Crippen LogP contribution < -0.4 is 5.43 Å². The minimum absolute atomic E-state index is 0.0792. The number of hydrazone groups is 1. The molecule has 0 aliphatic rings. The van der Waals surface area contributed by atoms with Crippen molar-refractivity contribution in [1.29, 1.82) is 0 Å². The second-order valence-corrected chi connectivity index (χ2v) is 5.05. The van der Waals surface area contributed by atoms with Gasteiger partial charge in [0.25, 0.3) is 5.91 Å². The van der Waals surface area contributed by atoms with Gasteiger partial charge >= 0.3 is 0 Å². The third-order valence-corrected chi connectivity index (χ3v) is 3.47. The van der Waals surface area contributed by atoms with Crippen molar-refractivity contribution in [2.75, 3.05) is 0 Å². The van der Waals surface area contributed by atoms with E-state index in [4.69, 9.17) is 0 Å². The molecule has 6 heteroatoms. The van der Waals surface area contributed by atoms with Crippen molar-refractivity contribution in [3.8, 4) is 0 Å². The van der Waals surface area contributed by atoms with Crippen molar-refractivity contribution < 1.29 is 4.79 Å². The van der Waals surface area contributed by atoms with Crippen LogP contribution in [0.3, 0.4) is 0 Å². The highest BCUT2D eigenvalue weighted by atomic mass is 16.2. The second-order valence-electron chi connectivity index (χ2n) is 5.05. The van der Waals surface area contributed by atoms with Gasteiger partial charge in [0.05, 0.1) is 11.2 Å². The first-order valence-corrected chi connectivity index (χ1v) is 7.47.